The first-order chi connectivity index (χ1) is 11.6. The van der Waals surface area contributed by atoms with Crippen molar-refractivity contribution in [2.24, 2.45) is 0 Å². The van der Waals surface area contributed by atoms with Gasteiger partial charge in [-0.15, -0.1) is 0 Å². The lowest BCUT2D eigenvalue weighted by atomic mass is 10.1. The fourth-order valence-corrected chi connectivity index (χ4v) is 3.07. The fourth-order valence-electron chi connectivity index (χ4n) is 2.39. The number of para-hydroxylation sites is 1. The number of thioether (sulfide) groups is 1. The zero-order valence-electron chi connectivity index (χ0n) is 13.2. The van der Waals surface area contributed by atoms with E-state index in [1.807, 2.05) is 43.3 Å². The van der Waals surface area contributed by atoms with E-state index >= 15 is 0 Å². The van der Waals surface area contributed by atoms with E-state index in [0.717, 1.165) is 21.5 Å². The molecule has 3 rings (SSSR count). The van der Waals surface area contributed by atoms with Gasteiger partial charge in [-0.25, -0.2) is 9.37 Å². The van der Waals surface area contributed by atoms with Crippen LogP contribution in [-0.4, -0.2) is 16.6 Å². The minimum Gasteiger partial charge on any atom is -0.349 e. The Balaban J connectivity index is 1.57. The van der Waals surface area contributed by atoms with Crippen LogP contribution in [0.4, 0.5) is 4.39 Å². The van der Waals surface area contributed by atoms with Crippen molar-refractivity contribution in [1.29, 1.82) is 0 Å². The maximum absolute atomic E-state index is 12.9. The number of halogens is 1. The molecule has 0 radical (unpaired) electrons. The van der Waals surface area contributed by atoms with Gasteiger partial charge in [-0.2, -0.15) is 0 Å². The predicted molar refractivity (Wildman–Crippen MR) is 95.4 cm³/mol. The second kappa shape index (κ2) is 7.45. The van der Waals surface area contributed by atoms with Crippen LogP contribution in [0, 0.1) is 5.82 Å². The maximum atomic E-state index is 12.9. The second-order valence-electron chi connectivity index (χ2n) is 5.47. The summed E-state index contributed by atoms with van der Waals surface area (Å²) in [6.07, 6.45) is 0. The molecule has 0 aliphatic rings. The highest BCUT2D eigenvalue weighted by atomic mass is 32.2. The number of fused-ring (bicyclic) bond motifs is 1. The molecule has 0 spiro atoms. The SMILES string of the molecule is CC(NC(=O)CSc1ccc2ccccc2n1)c1ccc(F)cc1. The highest BCUT2D eigenvalue weighted by Crippen LogP contribution is 2.20. The van der Waals surface area contributed by atoms with Gasteiger partial charge in [0.1, 0.15) is 5.82 Å². The van der Waals surface area contributed by atoms with E-state index in [0.29, 0.717) is 0 Å². The van der Waals surface area contributed by atoms with Crippen LogP contribution in [0.2, 0.25) is 0 Å². The van der Waals surface area contributed by atoms with Gasteiger partial charge in [0.2, 0.25) is 5.91 Å². The molecule has 0 saturated heterocycles. The molecule has 1 aromatic heterocycles. The Labute approximate surface area is 144 Å². The summed E-state index contributed by atoms with van der Waals surface area (Å²) >= 11 is 1.40. The number of amides is 1. The molecule has 0 aliphatic carbocycles. The van der Waals surface area contributed by atoms with E-state index in [9.17, 15) is 9.18 Å². The lowest BCUT2D eigenvalue weighted by Gasteiger charge is -2.14. The van der Waals surface area contributed by atoms with Crippen LogP contribution in [0.1, 0.15) is 18.5 Å². The van der Waals surface area contributed by atoms with Gasteiger partial charge in [0.25, 0.3) is 0 Å². The summed E-state index contributed by atoms with van der Waals surface area (Å²) in [6.45, 7) is 1.88. The van der Waals surface area contributed by atoms with Crippen LogP contribution in [-0.2, 0) is 4.79 Å². The molecule has 0 aliphatic heterocycles. The van der Waals surface area contributed by atoms with Crippen molar-refractivity contribution in [2.75, 3.05) is 5.75 Å². The molecule has 0 bridgehead atoms. The molecule has 1 amide bonds. The Morgan fingerprint density at radius 1 is 1.12 bits per heavy atom. The average molecular weight is 340 g/mol. The Bertz CT molecular complexity index is 851. The van der Waals surface area contributed by atoms with Crippen LogP contribution < -0.4 is 5.32 Å². The van der Waals surface area contributed by atoms with Gasteiger partial charge in [0.15, 0.2) is 0 Å². The van der Waals surface area contributed by atoms with Crippen molar-refractivity contribution in [3.05, 3.63) is 72.0 Å². The van der Waals surface area contributed by atoms with E-state index < -0.39 is 0 Å². The van der Waals surface area contributed by atoms with Crippen molar-refractivity contribution < 1.29 is 9.18 Å². The third-order valence-electron chi connectivity index (χ3n) is 3.67. The quantitative estimate of drug-likeness (QED) is 0.702. The predicted octanol–water partition coefficient (Wildman–Crippen LogP) is 4.34. The third kappa shape index (κ3) is 4.11. The molecular formula is C19H17FN2OS. The van der Waals surface area contributed by atoms with E-state index in [1.54, 1.807) is 12.1 Å². The molecule has 2 aromatic carbocycles. The van der Waals surface area contributed by atoms with Crippen LogP contribution >= 0.6 is 11.8 Å². The van der Waals surface area contributed by atoms with Crippen LogP contribution in [0.3, 0.4) is 0 Å². The van der Waals surface area contributed by atoms with E-state index in [2.05, 4.69) is 10.3 Å². The van der Waals surface area contributed by atoms with Gasteiger partial charge in [0.05, 0.1) is 22.3 Å². The lowest BCUT2D eigenvalue weighted by Crippen LogP contribution is -2.28. The molecule has 5 heteroatoms. The third-order valence-corrected chi connectivity index (χ3v) is 4.60. The highest BCUT2D eigenvalue weighted by molar-refractivity contribution is 7.99. The fraction of sp³-hybridized carbons (Fsp3) is 0.158. The van der Waals surface area contributed by atoms with Crippen LogP contribution in [0.5, 0.6) is 0 Å². The van der Waals surface area contributed by atoms with Gasteiger partial charge in [-0.3, -0.25) is 4.79 Å². The molecule has 3 nitrogen and oxygen atoms in total. The molecule has 1 heterocycles. The van der Waals surface area contributed by atoms with Crippen molar-refractivity contribution in [3.8, 4) is 0 Å². The van der Waals surface area contributed by atoms with E-state index in [1.165, 1.54) is 23.9 Å². The van der Waals surface area contributed by atoms with Gasteiger partial charge in [-0.1, -0.05) is 48.2 Å². The summed E-state index contributed by atoms with van der Waals surface area (Å²) in [5, 5.41) is 4.81. The number of aromatic nitrogens is 1. The number of hydrogen-bond donors (Lipinski definition) is 1. The van der Waals surface area contributed by atoms with Crippen LogP contribution in [0.25, 0.3) is 10.9 Å². The Kier molecular flexibility index (Phi) is 5.11. The number of hydrogen-bond acceptors (Lipinski definition) is 3. The number of rotatable bonds is 5. The highest BCUT2D eigenvalue weighted by Gasteiger charge is 2.10. The van der Waals surface area contributed by atoms with Crippen molar-refractivity contribution >= 4 is 28.6 Å². The van der Waals surface area contributed by atoms with Crippen LogP contribution in [0.15, 0.2) is 65.7 Å². The zero-order valence-corrected chi connectivity index (χ0v) is 14.0. The normalized spacial score (nSPS) is 12.1. The average Bonchev–Trinajstić information content (AvgIpc) is 2.60. The minimum atomic E-state index is -0.282. The maximum Gasteiger partial charge on any atom is 0.230 e. The summed E-state index contributed by atoms with van der Waals surface area (Å²) < 4.78 is 12.9. The first-order valence-electron chi connectivity index (χ1n) is 7.65. The Morgan fingerprint density at radius 2 is 1.88 bits per heavy atom. The molecule has 1 unspecified atom stereocenters. The van der Waals surface area contributed by atoms with E-state index in [4.69, 9.17) is 0 Å². The number of benzene rings is 2. The minimum absolute atomic E-state index is 0.0771. The summed E-state index contributed by atoms with van der Waals surface area (Å²) in [4.78, 5) is 16.6. The molecule has 1 atom stereocenters. The summed E-state index contributed by atoms with van der Waals surface area (Å²) in [5.74, 6) is -0.0707. The number of nitrogens with zero attached hydrogens (tertiary/aromatic N) is 1. The first-order valence-corrected chi connectivity index (χ1v) is 8.64. The Hall–Kier alpha value is -2.40. The Morgan fingerprint density at radius 3 is 2.67 bits per heavy atom. The lowest BCUT2D eigenvalue weighted by molar-refractivity contribution is -0.119. The molecule has 0 saturated carbocycles. The molecule has 1 N–H and O–H groups in total. The number of carbonyl (C=O) groups excluding carboxylic acids is 1. The molecule has 3 aromatic rings. The summed E-state index contributed by atoms with van der Waals surface area (Å²) in [7, 11) is 0. The van der Waals surface area contributed by atoms with E-state index in [-0.39, 0.29) is 23.5 Å². The number of carbonyl (C=O) groups is 1. The molecule has 122 valence electrons. The molecular weight excluding hydrogens is 323 g/mol. The standard InChI is InChI=1S/C19H17FN2OS/c1-13(14-6-9-16(20)10-7-14)21-18(23)12-24-19-11-8-15-4-2-3-5-17(15)22-19/h2-11,13H,12H2,1H3,(H,21,23). The smallest absolute Gasteiger partial charge is 0.230 e. The van der Waals surface area contributed by atoms with Crippen molar-refractivity contribution in [3.63, 3.8) is 0 Å². The summed E-state index contributed by atoms with van der Waals surface area (Å²) in [6, 6.07) is 17.8. The van der Waals surface area contributed by atoms with Gasteiger partial charge in [0, 0.05) is 5.39 Å². The zero-order chi connectivity index (χ0) is 16.9. The largest absolute Gasteiger partial charge is 0.349 e. The summed E-state index contributed by atoms with van der Waals surface area (Å²) in [5.41, 5.74) is 1.79. The molecule has 24 heavy (non-hydrogen) atoms. The molecule has 0 fully saturated rings. The van der Waals surface area contributed by atoms with Crippen molar-refractivity contribution in [1.82, 2.24) is 10.3 Å². The first kappa shape index (κ1) is 16.5. The number of pyridine rings is 1. The van der Waals surface area contributed by atoms with Gasteiger partial charge >= 0.3 is 0 Å². The monoisotopic (exact) mass is 340 g/mol. The van der Waals surface area contributed by atoms with Gasteiger partial charge in [-0.05, 0) is 36.8 Å². The second-order valence-corrected chi connectivity index (χ2v) is 6.47. The van der Waals surface area contributed by atoms with Crippen molar-refractivity contribution in [2.45, 2.75) is 18.0 Å². The topological polar surface area (TPSA) is 42.0 Å². The van der Waals surface area contributed by atoms with Gasteiger partial charge < -0.3 is 5.32 Å². The number of nitrogens with one attached hydrogen (secondary N) is 1.